The summed E-state index contributed by atoms with van der Waals surface area (Å²) in [7, 11) is 0. The van der Waals surface area contributed by atoms with E-state index in [-0.39, 0.29) is 0 Å². The lowest BCUT2D eigenvalue weighted by atomic mass is 9.98. The zero-order valence-electron chi connectivity index (χ0n) is 10.3. The molecule has 2 fully saturated rings. The summed E-state index contributed by atoms with van der Waals surface area (Å²) in [6.45, 7) is 1.15. The largest absolute Gasteiger partial charge is 0.479 e. The third kappa shape index (κ3) is 3.68. The molecule has 4 heteroatoms. The third-order valence-electron chi connectivity index (χ3n) is 3.76. The van der Waals surface area contributed by atoms with E-state index in [0.717, 1.165) is 19.4 Å². The highest BCUT2D eigenvalue weighted by Crippen LogP contribution is 2.33. The highest BCUT2D eigenvalue weighted by Gasteiger charge is 2.51. The maximum Gasteiger partial charge on any atom is 0.338 e. The molecule has 1 saturated heterocycles. The van der Waals surface area contributed by atoms with Gasteiger partial charge in [-0.2, -0.15) is 0 Å². The van der Waals surface area contributed by atoms with E-state index < -0.39 is 11.6 Å². The van der Waals surface area contributed by atoms with E-state index in [0.29, 0.717) is 19.1 Å². The maximum atomic E-state index is 10.8. The van der Waals surface area contributed by atoms with Crippen molar-refractivity contribution in [3.8, 4) is 0 Å². The second-order valence-corrected chi connectivity index (χ2v) is 5.18. The van der Waals surface area contributed by atoms with Crippen molar-refractivity contribution in [3.05, 3.63) is 0 Å². The number of unbranched alkanes of at least 4 members (excludes halogenated alkanes) is 1. The molecule has 1 atom stereocenters. The van der Waals surface area contributed by atoms with Crippen molar-refractivity contribution in [1.82, 2.24) is 0 Å². The quantitative estimate of drug-likeness (QED) is 0.550. The van der Waals surface area contributed by atoms with Crippen LogP contribution in [0.5, 0.6) is 0 Å². The Balaban J connectivity index is 1.50. The highest BCUT2D eigenvalue weighted by atomic mass is 16.6. The summed E-state index contributed by atoms with van der Waals surface area (Å²) in [4.78, 5) is 10.8. The van der Waals surface area contributed by atoms with Crippen LogP contribution >= 0.6 is 0 Å². The SMILES string of the molecule is O=C(O)C1(CCCCOC2CCCCC2)CO1. The minimum absolute atomic E-state index is 0.381. The lowest BCUT2D eigenvalue weighted by Crippen LogP contribution is -2.24. The molecule has 0 amide bonds. The molecule has 2 rings (SSSR count). The molecule has 1 heterocycles. The monoisotopic (exact) mass is 242 g/mol. The fourth-order valence-corrected chi connectivity index (χ4v) is 2.46. The Kier molecular flexibility index (Phi) is 4.40. The van der Waals surface area contributed by atoms with Gasteiger partial charge < -0.3 is 14.6 Å². The zero-order chi connectivity index (χ0) is 12.1. The first-order valence-electron chi connectivity index (χ1n) is 6.72. The highest BCUT2D eigenvalue weighted by molar-refractivity contribution is 5.80. The van der Waals surface area contributed by atoms with E-state index in [9.17, 15) is 4.79 Å². The van der Waals surface area contributed by atoms with Crippen LogP contribution < -0.4 is 0 Å². The molecular weight excluding hydrogens is 220 g/mol. The van der Waals surface area contributed by atoms with Crippen molar-refractivity contribution in [1.29, 1.82) is 0 Å². The Bertz CT molecular complexity index is 254. The number of ether oxygens (including phenoxy) is 2. The van der Waals surface area contributed by atoms with Crippen LogP contribution in [-0.4, -0.2) is 36.0 Å². The number of hydrogen-bond donors (Lipinski definition) is 1. The van der Waals surface area contributed by atoms with Gasteiger partial charge in [-0.25, -0.2) is 4.79 Å². The van der Waals surface area contributed by atoms with Crippen LogP contribution in [0.3, 0.4) is 0 Å². The zero-order valence-corrected chi connectivity index (χ0v) is 10.3. The van der Waals surface area contributed by atoms with E-state index in [1.165, 1.54) is 32.1 Å². The number of hydrogen-bond acceptors (Lipinski definition) is 3. The van der Waals surface area contributed by atoms with Gasteiger partial charge in [-0.05, 0) is 32.1 Å². The molecule has 1 aliphatic carbocycles. The first kappa shape index (κ1) is 12.8. The first-order chi connectivity index (χ1) is 8.23. The van der Waals surface area contributed by atoms with Gasteiger partial charge in [-0.15, -0.1) is 0 Å². The number of epoxide rings is 1. The second-order valence-electron chi connectivity index (χ2n) is 5.18. The molecule has 0 spiro atoms. The Morgan fingerprint density at radius 1 is 1.29 bits per heavy atom. The smallest absolute Gasteiger partial charge is 0.338 e. The summed E-state index contributed by atoms with van der Waals surface area (Å²) in [6, 6.07) is 0. The fraction of sp³-hybridized carbons (Fsp3) is 0.923. The molecule has 0 aromatic rings. The molecule has 98 valence electrons. The van der Waals surface area contributed by atoms with E-state index in [1.807, 2.05) is 0 Å². The van der Waals surface area contributed by atoms with Crippen LogP contribution in [0.25, 0.3) is 0 Å². The van der Waals surface area contributed by atoms with Gasteiger partial charge in [0, 0.05) is 6.61 Å². The van der Waals surface area contributed by atoms with Crippen molar-refractivity contribution < 1.29 is 19.4 Å². The van der Waals surface area contributed by atoms with Crippen molar-refractivity contribution in [3.63, 3.8) is 0 Å². The molecule has 1 unspecified atom stereocenters. The molecule has 4 nitrogen and oxygen atoms in total. The molecule has 17 heavy (non-hydrogen) atoms. The van der Waals surface area contributed by atoms with Crippen LogP contribution in [0.1, 0.15) is 51.4 Å². The molecule has 0 bridgehead atoms. The first-order valence-corrected chi connectivity index (χ1v) is 6.72. The summed E-state index contributed by atoms with van der Waals surface area (Å²) in [5.74, 6) is -0.814. The number of carboxylic acids is 1. The summed E-state index contributed by atoms with van der Waals surface area (Å²) in [5.41, 5.74) is -0.842. The predicted octanol–water partition coefficient (Wildman–Crippen LogP) is 2.36. The molecule has 2 aliphatic rings. The van der Waals surface area contributed by atoms with Gasteiger partial charge in [0.15, 0.2) is 5.60 Å². The minimum Gasteiger partial charge on any atom is -0.479 e. The summed E-state index contributed by atoms with van der Waals surface area (Å²) in [5, 5.41) is 8.91. The molecule has 0 radical (unpaired) electrons. The van der Waals surface area contributed by atoms with Gasteiger partial charge in [0.1, 0.15) is 0 Å². The van der Waals surface area contributed by atoms with Gasteiger partial charge in [0.2, 0.25) is 0 Å². The Morgan fingerprint density at radius 3 is 2.59 bits per heavy atom. The third-order valence-corrected chi connectivity index (χ3v) is 3.76. The maximum absolute atomic E-state index is 10.8. The lowest BCUT2D eigenvalue weighted by molar-refractivity contribution is -0.143. The Labute approximate surface area is 102 Å². The van der Waals surface area contributed by atoms with E-state index in [4.69, 9.17) is 14.6 Å². The van der Waals surface area contributed by atoms with Gasteiger partial charge in [-0.1, -0.05) is 19.3 Å². The number of carbonyl (C=O) groups is 1. The van der Waals surface area contributed by atoms with Crippen LogP contribution in [-0.2, 0) is 14.3 Å². The fourth-order valence-electron chi connectivity index (χ4n) is 2.46. The van der Waals surface area contributed by atoms with E-state index in [2.05, 4.69) is 0 Å². The Morgan fingerprint density at radius 2 is 2.00 bits per heavy atom. The molecule has 1 N–H and O–H groups in total. The van der Waals surface area contributed by atoms with Crippen LogP contribution in [0.15, 0.2) is 0 Å². The summed E-state index contributed by atoms with van der Waals surface area (Å²) < 4.78 is 10.8. The van der Waals surface area contributed by atoms with Crippen LogP contribution in [0.4, 0.5) is 0 Å². The van der Waals surface area contributed by atoms with Gasteiger partial charge in [0.05, 0.1) is 12.7 Å². The normalized spacial score (nSPS) is 29.2. The minimum atomic E-state index is -0.842. The van der Waals surface area contributed by atoms with Gasteiger partial charge >= 0.3 is 5.97 Å². The second kappa shape index (κ2) is 5.83. The molecule has 0 aromatic heterocycles. The van der Waals surface area contributed by atoms with Gasteiger partial charge in [-0.3, -0.25) is 0 Å². The standard InChI is InChI=1S/C13H22O4/c14-12(15)13(10-17-13)8-4-5-9-16-11-6-2-1-3-7-11/h11H,1-10H2,(H,14,15). The molecule has 1 aliphatic heterocycles. The Hall–Kier alpha value is -0.610. The summed E-state index contributed by atoms with van der Waals surface area (Å²) >= 11 is 0. The van der Waals surface area contributed by atoms with Crippen LogP contribution in [0, 0.1) is 0 Å². The predicted molar refractivity (Wildman–Crippen MR) is 63.0 cm³/mol. The van der Waals surface area contributed by atoms with Gasteiger partial charge in [0.25, 0.3) is 0 Å². The van der Waals surface area contributed by atoms with E-state index in [1.54, 1.807) is 0 Å². The van der Waals surface area contributed by atoms with Crippen molar-refractivity contribution in [2.75, 3.05) is 13.2 Å². The molecule has 0 aromatic carbocycles. The van der Waals surface area contributed by atoms with Crippen molar-refractivity contribution >= 4 is 5.97 Å². The average molecular weight is 242 g/mol. The summed E-state index contributed by atoms with van der Waals surface area (Å²) in [6.07, 6.45) is 9.21. The van der Waals surface area contributed by atoms with Crippen LogP contribution in [0.2, 0.25) is 0 Å². The lowest BCUT2D eigenvalue weighted by Gasteiger charge is -2.21. The molecular formula is C13H22O4. The number of rotatable bonds is 7. The van der Waals surface area contributed by atoms with Crippen molar-refractivity contribution in [2.45, 2.75) is 63.1 Å². The van der Waals surface area contributed by atoms with E-state index >= 15 is 0 Å². The average Bonchev–Trinajstić information content (AvgIpc) is 3.11. The number of carboxylic acid groups (broad SMARTS) is 1. The van der Waals surface area contributed by atoms with Crippen molar-refractivity contribution in [2.24, 2.45) is 0 Å². The topological polar surface area (TPSA) is 59.1 Å². The number of aliphatic carboxylic acids is 1. The molecule has 1 saturated carbocycles.